The molecule has 1 aromatic carbocycles. The molecule has 94 valence electrons. The Morgan fingerprint density at radius 1 is 1.22 bits per heavy atom. The van der Waals surface area contributed by atoms with Gasteiger partial charge >= 0.3 is 0 Å². The van der Waals surface area contributed by atoms with Crippen LogP contribution in [0.25, 0.3) is 0 Å². The van der Waals surface area contributed by atoms with E-state index >= 15 is 0 Å². The molecule has 0 aliphatic carbocycles. The van der Waals surface area contributed by atoms with Gasteiger partial charge < -0.3 is 11.1 Å². The summed E-state index contributed by atoms with van der Waals surface area (Å²) in [7, 11) is 0. The van der Waals surface area contributed by atoms with Gasteiger partial charge in [0, 0.05) is 10.0 Å². The van der Waals surface area contributed by atoms with E-state index in [-0.39, 0.29) is 6.04 Å². The number of hydrogen-bond acceptors (Lipinski definition) is 4. The van der Waals surface area contributed by atoms with Crippen molar-refractivity contribution >= 4 is 34.8 Å². The monoisotopic (exact) mass is 282 g/mol. The van der Waals surface area contributed by atoms with E-state index in [0.717, 1.165) is 5.56 Å². The second-order valence-corrected chi connectivity index (χ2v) is 4.72. The Balaban J connectivity index is 2.16. The normalized spacial score (nSPS) is 12.2. The molecule has 1 aromatic heterocycles. The molecule has 6 heteroatoms. The maximum atomic E-state index is 6.13. The Kier molecular flexibility index (Phi) is 3.89. The van der Waals surface area contributed by atoms with Crippen LogP contribution in [0.1, 0.15) is 18.5 Å². The van der Waals surface area contributed by atoms with Gasteiger partial charge in [0.15, 0.2) is 0 Å². The summed E-state index contributed by atoms with van der Waals surface area (Å²) in [4.78, 5) is 8.15. The SMILES string of the molecule is CC(Nc1ncc(N)cn1)c1ccc(Cl)cc1Cl. The van der Waals surface area contributed by atoms with Gasteiger partial charge in [-0.05, 0) is 24.6 Å². The summed E-state index contributed by atoms with van der Waals surface area (Å²) in [6.45, 7) is 1.97. The fourth-order valence-corrected chi connectivity index (χ4v) is 2.11. The fraction of sp³-hybridized carbons (Fsp3) is 0.167. The van der Waals surface area contributed by atoms with Crippen molar-refractivity contribution in [3.63, 3.8) is 0 Å². The number of benzene rings is 1. The molecule has 4 nitrogen and oxygen atoms in total. The summed E-state index contributed by atoms with van der Waals surface area (Å²) in [5.74, 6) is 0.503. The molecular weight excluding hydrogens is 271 g/mol. The van der Waals surface area contributed by atoms with Crippen molar-refractivity contribution in [2.45, 2.75) is 13.0 Å². The highest BCUT2D eigenvalue weighted by atomic mass is 35.5. The highest BCUT2D eigenvalue weighted by Crippen LogP contribution is 2.27. The first-order valence-corrected chi connectivity index (χ1v) is 6.11. The number of nitrogens with zero attached hydrogens (tertiary/aromatic N) is 2. The van der Waals surface area contributed by atoms with E-state index in [1.54, 1.807) is 24.5 Å². The Bertz CT molecular complexity index is 542. The number of nitrogens with two attached hydrogens (primary N) is 1. The number of rotatable bonds is 3. The van der Waals surface area contributed by atoms with Gasteiger partial charge in [-0.25, -0.2) is 9.97 Å². The van der Waals surface area contributed by atoms with Gasteiger partial charge in [0.2, 0.25) is 5.95 Å². The average molecular weight is 283 g/mol. The standard InChI is InChI=1S/C12H12Cl2N4/c1-7(10-3-2-8(13)4-11(10)14)18-12-16-5-9(15)6-17-12/h2-7H,15H2,1H3,(H,16,17,18). The Hall–Kier alpha value is -1.52. The van der Waals surface area contributed by atoms with Crippen molar-refractivity contribution in [2.75, 3.05) is 11.1 Å². The van der Waals surface area contributed by atoms with E-state index < -0.39 is 0 Å². The largest absolute Gasteiger partial charge is 0.396 e. The van der Waals surface area contributed by atoms with Crippen LogP contribution in [0.2, 0.25) is 10.0 Å². The Morgan fingerprint density at radius 2 is 1.89 bits per heavy atom. The molecule has 0 fully saturated rings. The molecule has 0 radical (unpaired) electrons. The lowest BCUT2D eigenvalue weighted by Gasteiger charge is -2.15. The molecular formula is C12H12Cl2N4. The van der Waals surface area contributed by atoms with E-state index in [2.05, 4.69) is 15.3 Å². The van der Waals surface area contributed by atoms with Crippen molar-refractivity contribution in [3.05, 3.63) is 46.2 Å². The molecule has 0 amide bonds. The number of aromatic nitrogens is 2. The van der Waals surface area contributed by atoms with Crippen molar-refractivity contribution in [1.82, 2.24) is 9.97 Å². The zero-order chi connectivity index (χ0) is 13.1. The molecule has 1 unspecified atom stereocenters. The van der Waals surface area contributed by atoms with Crippen LogP contribution in [-0.2, 0) is 0 Å². The van der Waals surface area contributed by atoms with Crippen LogP contribution in [0.4, 0.5) is 11.6 Å². The molecule has 3 N–H and O–H groups in total. The molecule has 1 atom stereocenters. The minimum atomic E-state index is -0.0293. The third-order valence-corrected chi connectivity index (χ3v) is 3.01. The first-order valence-electron chi connectivity index (χ1n) is 5.35. The molecule has 18 heavy (non-hydrogen) atoms. The van der Waals surface area contributed by atoms with Crippen molar-refractivity contribution in [3.8, 4) is 0 Å². The highest BCUT2D eigenvalue weighted by Gasteiger charge is 2.10. The third-order valence-electron chi connectivity index (χ3n) is 2.45. The third kappa shape index (κ3) is 3.03. The van der Waals surface area contributed by atoms with Crippen LogP contribution in [0.15, 0.2) is 30.6 Å². The van der Waals surface area contributed by atoms with Gasteiger partial charge in [-0.2, -0.15) is 0 Å². The first kappa shape index (κ1) is 12.9. The lowest BCUT2D eigenvalue weighted by molar-refractivity contribution is 0.861. The molecule has 2 rings (SSSR count). The number of nitrogens with one attached hydrogen (secondary N) is 1. The average Bonchev–Trinajstić information content (AvgIpc) is 2.32. The topological polar surface area (TPSA) is 63.8 Å². The molecule has 0 spiro atoms. The molecule has 0 saturated heterocycles. The summed E-state index contributed by atoms with van der Waals surface area (Å²) in [6, 6.07) is 5.35. The van der Waals surface area contributed by atoms with Gasteiger partial charge in [-0.1, -0.05) is 29.3 Å². The van der Waals surface area contributed by atoms with E-state index in [1.807, 2.05) is 13.0 Å². The molecule has 0 saturated carbocycles. The predicted octanol–water partition coefficient (Wildman–Crippen LogP) is 3.54. The second-order valence-electron chi connectivity index (χ2n) is 3.87. The molecule has 1 heterocycles. The van der Waals surface area contributed by atoms with Crippen LogP contribution < -0.4 is 11.1 Å². The van der Waals surface area contributed by atoms with Crippen LogP contribution in [0.3, 0.4) is 0 Å². The molecule has 2 aromatic rings. The van der Waals surface area contributed by atoms with Gasteiger partial charge in [-0.15, -0.1) is 0 Å². The molecule has 0 bridgehead atoms. The number of halogens is 2. The van der Waals surface area contributed by atoms with E-state index in [4.69, 9.17) is 28.9 Å². The van der Waals surface area contributed by atoms with Gasteiger partial charge in [0.25, 0.3) is 0 Å². The lowest BCUT2D eigenvalue weighted by Crippen LogP contribution is -2.10. The zero-order valence-electron chi connectivity index (χ0n) is 9.69. The smallest absolute Gasteiger partial charge is 0.223 e. The van der Waals surface area contributed by atoms with Crippen LogP contribution in [0, 0.1) is 0 Å². The van der Waals surface area contributed by atoms with Crippen LogP contribution in [0.5, 0.6) is 0 Å². The summed E-state index contributed by atoms with van der Waals surface area (Å²) in [5.41, 5.74) is 6.98. The Morgan fingerprint density at radius 3 is 2.50 bits per heavy atom. The quantitative estimate of drug-likeness (QED) is 0.904. The van der Waals surface area contributed by atoms with Crippen molar-refractivity contribution < 1.29 is 0 Å². The summed E-state index contributed by atoms with van der Waals surface area (Å²) < 4.78 is 0. The fourth-order valence-electron chi connectivity index (χ4n) is 1.54. The second kappa shape index (κ2) is 5.42. The summed E-state index contributed by atoms with van der Waals surface area (Å²) >= 11 is 12.0. The van der Waals surface area contributed by atoms with Crippen LogP contribution >= 0.6 is 23.2 Å². The zero-order valence-corrected chi connectivity index (χ0v) is 11.2. The van der Waals surface area contributed by atoms with E-state index in [1.165, 1.54) is 0 Å². The van der Waals surface area contributed by atoms with Crippen molar-refractivity contribution in [2.24, 2.45) is 0 Å². The van der Waals surface area contributed by atoms with Gasteiger partial charge in [0.1, 0.15) is 0 Å². The number of nitrogen functional groups attached to an aromatic ring is 1. The molecule has 0 aliphatic rings. The van der Waals surface area contributed by atoms with Crippen molar-refractivity contribution in [1.29, 1.82) is 0 Å². The van der Waals surface area contributed by atoms with Crippen LogP contribution in [-0.4, -0.2) is 9.97 Å². The Labute approximate surface area is 115 Å². The summed E-state index contributed by atoms with van der Waals surface area (Å²) in [6.07, 6.45) is 3.09. The van der Waals surface area contributed by atoms with Gasteiger partial charge in [-0.3, -0.25) is 0 Å². The minimum absolute atomic E-state index is 0.0293. The number of anilines is 2. The van der Waals surface area contributed by atoms with E-state index in [0.29, 0.717) is 21.7 Å². The lowest BCUT2D eigenvalue weighted by atomic mass is 10.1. The van der Waals surface area contributed by atoms with E-state index in [9.17, 15) is 0 Å². The first-order chi connectivity index (χ1) is 8.56. The summed E-state index contributed by atoms with van der Waals surface area (Å²) in [5, 5.41) is 4.36. The number of hydrogen-bond donors (Lipinski definition) is 2. The highest BCUT2D eigenvalue weighted by molar-refractivity contribution is 6.35. The van der Waals surface area contributed by atoms with Gasteiger partial charge in [0.05, 0.1) is 24.1 Å². The maximum Gasteiger partial charge on any atom is 0.223 e. The predicted molar refractivity (Wildman–Crippen MR) is 74.9 cm³/mol. The maximum absolute atomic E-state index is 6.13. The molecule has 0 aliphatic heterocycles. The minimum Gasteiger partial charge on any atom is -0.396 e.